The van der Waals surface area contributed by atoms with Gasteiger partial charge >= 0.3 is 0 Å². The van der Waals surface area contributed by atoms with Crippen molar-refractivity contribution in [2.75, 3.05) is 0 Å². The molecule has 158 valence electrons. The lowest BCUT2D eigenvalue weighted by atomic mass is 9.92. The number of pyridine rings is 3. The monoisotopic (exact) mass is 534 g/mol. The van der Waals surface area contributed by atoms with Gasteiger partial charge in [-0.05, 0) is 58.5 Å². The van der Waals surface area contributed by atoms with E-state index in [0.29, 0.717) is 5.88 Å². The van der Waals surface area contributed by atoms with Crippen LogP contribution in [0.4, 0.5) is 0 Å². The van der Waals surface area contributed by atoms with Gasteiger partial charge in [-0.1, -0.05) is 12.1 Å². The first-order valence-corrected chi connectivity index (χ1v) is 11.6. The summed E-state index contributed by atoms with van der Waals surface area (Å²) in [7, 11) is 0. The van der Waals surface area contributed by atoms with Crippen molar-refractivity contribution in [2.24, 2.45) is 0 Å². The topological polar surface area (TPSA) is 72.9 Å². The molecular formula is C25H19IN4O2. The van der Waals surface area contributed by atoms with Crippen LogP contribution in [0.25, 0.3) is 32.9 Å². The normalized spacial score (nSPS) is 17.9. The molecule has 6 rings (SSSR count). The number of benzene rings is 1. The third kappa shape index (κ3) is 3.77. The highest BCUT2D eigenvalue weighted by Crippen LogP contribution is 2.31. The summed E-state index contributed by atoms with van der Waals surface area (Å²) in [6, 6.07) is 16.3. The number of hydrogen-bond acceptors (Lipinski definition) is 5. The van der Waals surface area contributed by atoms with E-state index in [1.165, 1.54) is 5.39 Å². The first-order chi connectivity index (χ1) is 15.7. The first kappa shape index (κ1) is 19.5. The molecule has 0 amide bonds. The van der Waals surface area contributed by atoms with Gasteiger partial charge in [-0.15, -0.1) is 0 Å². The Morgan fingerprint density at radius 3 is 2.47 bits per heavy atom. The Morgan fingerprint density at radius 1 is 0.781 bits per heavy atom. The predicted octanol–water partition coefficient (Wildman–Crippen LogP) is 5.77. The fourth-order valence-electron chi connectivity index (χ4n) is 4.05. The number of aromatic nitrogens is 4. The van der Waals surface area contributed by atoms with Crippen LogP contribution in [0.3, 0.4) is 0 Å². The van der Waals surface area contributed by atoms with Crippen molar-refractivity contribution < 1.29 is 9.47 Å². The number of rotatable bonds is 5. The van der Waals surface area contributed by atoms with Crippen molar-refractivity contribution in [1.29, 1.82) is 0 Å². The van der Waals surface area contributed by atoms with Crippen molar-refractivity contribution in [2.45, 2.75) is 25.0 Å². The lowest BCUT2D eigenvalue weighted by Crippen LogP contribution is -2.41. The maximum Gasteiger partial charge on any atom is 0.213 e. The van der Waals surface area contributed by atoms with Crippen molar-refractivity contribution in [3.8, 4) is 22.8 Å². The lowest BCUT2D eigenvalue weighted by molar-refractivity contribution is 0.00208. The highest BCUT2D eigenvalue weighted by molar-refractivity contribution is 14.1. The van der Waals surface area contributed by atoms with Crippen LogP contribution in [0, 0.1) is 3.70 Å². The largest absolute Gasteiger partial charge is 0.489 e. The molecule has 1 aromatic carbocycles. The zero-order chi connectivity index (χ0) is 21.5. The van der Waals surface area contributed by atoms with Gasteiger partial charge in [-0.2, -0.15) is 0 Å². The van der Waals surface area contributed by atoms with Crippen LogP contribution in [0.2, 0.25) is 0 Å². The molecule has 0 radical (unpaired) electrons. The highest BCUT2D eigenvalue weighted by atomic mass is 127. The first-order valence-electron chi connectivity index (χ1n) is 10.5. The van der Waals surface area contributed by atoms with E-state index in [1.807, 2.05) is 36.7 Å². The highest BCUT2D eigenvalue weighted by Gasteiger charge is 2.33. The standard InChI is InChI=1S/C25H19IN4O2/c26-24-5-3-17(13-28-24)31-18-10-19(11-18)32-25-6-2-16(12-29-25)15-1-4-20-21-14-27-8-7-22(21)30-23(20)9-15/h1-9,12-14,18-19,30H,10-11H2/t18-,19-. The molecule has 0 unspecified atom stereocenters. The number of nitrogens with one attached hydrogen (secondary N) is 1. The van der Waals surface area contributed by atoms with Gasteiger partial charge in [-0.25, -0.2) is 9.97 Å². The molecule has 0 aliphatic heterocycles. The van der Waals surface area contributed by atoms with Gasteiger partial charge in [0.2, 0.25) is 5.88 Å². The Bertz CT molecular complexity index is 1390. The molecule has 5 aromatic rings. The van der Waals surface area contributed by atoms with E-state index >= 15 is 0 Å². The molecule has 0 atom stereocenters. The van der Waals surface area contributed by atoms with Crippen LogP contribution >= 0.6 is 22.6 Å². The summed E-state index contributed by atoms with van der Waals surface area (Å²) < 4.78 is 12.9. The molecule has 32 heavy (non-hydrogen) atoms. The van der Waals surface area contributed by atoms with E-state index in [0.717, 1.165) is 49.8 Å². The van der Waals surface area contributed by atoms with Crippen LogP contribution in [0.5, 0.6) is 11.6 Å². The summed E-state index contributed by atoms with van der Waals surface area (Å²) in [4.78, 5) is 16.5. The van der Waals surface area contributed by atoms with E-state index in [-0.39, 0.29) is 12.2 Å². The van der Waals surface area contributed by atoms with Crippen LogP contribution in [-0.4, -0.2) is 32.1 Å². The third-order valence-corrected chi connectivity index (χ3v) is 6.45. The van der Waals surface area contributed by atoms with E-state index in [4.69, 9.17) is 9.47 Å². The molecular weight excluding hydrogens is 515 g/mol. The summed E-state index contributed by atoms with van der Waals surface area (Å²) >= 11 is 2.18. The van der Waals surface area contributed by atoms with Gasteiger partial charge in [0.15, 0.2) is 0 Å². The molecule has 1 fully saturated rings. The van der Waals surface area contributed by atoms with Gasteiger partial charge in [0.1, 0.15) is 21.7 Å². The van der Waals surface area contributed by atoms with Gasteiger partial charge in [0.05, 0.1) is 6.20 Å². The lowest BCUT2D eigenvalue weighted by Gasteiger charge is -2.34. The molecule has 1 saturated carbocycles. The molecule has 0 spiro atoms. The van der Waals surface area contributed by atoms with E-state index in [2.05, 4.69) is 66.8 Å². The number of hydrogen-bond donors (Lipinski definition) is 1. The molecule has 0 bridgehead atoms. The molecule has 1 aliphatic rings. The second kappa shape index (κ2) is 8.05. The smallest absolute Gasteiger partial charge is 0.213 e. The minimum absolute atomic E-state index is 0.131. The maximum absolute atomic E-state index is 6.02. The molecule has 1 N–H and O–H groups in total. The van der Waals surface area contributed by atoms with E-state index in [9.17, 15) is 0 Å². The molecule has 4 aromatic heterocycles. The fraction of sp³-hybridized carbons (Fsp3) is 0.160. The summed E-state index contributed by atoms with van der Waals surface area (Å²) in [6.45, 7) is 0. The summed E-state index contributed by atoms with van der Waals surface area (Å²) in [5.41, 5.74) is 4.35. The van der Waals surface area contributed by atoms with Crippen LogP contribution in [0.15, 0.2) is 73.3 Å². The van der Waals surface area contributed by atoms with Crippen molar-refractivity contribution in [3.63, 3.8) is 0 Å². The number of ether oxygens (including phenoxy) is 2. The summed E-state index contributed by atoms with van der Waals surface area (Å²) in [5.74, 6) is 1.45. The fourth-order valence-corrected chi connectivity index (χ4v) is 4.37. The zero-order valence-corrected chi connectivity index (χ0v) is 19.2. The van der Waals surface area contributed by atoms with Crippen LogP contribution < -0.4 is 9.47 Å². The Kier molecular flexibility index (Phi) is 4.90. The van der Waals surface area contributed by atoms with Crippen molar-refractivity contribution in [3.05, 3.63) is 77.0 Å². The Morgan fingerprint density at radius 2 is 1.66 bits per heavy atom. The third-order valence-electron chi connectivity index (χ3n) is 5.81. The van der Waals surface area contributed by atoms with Crippen LogP contribution in [-0.2, 0) is 0 Å². The Balaban J connectivity index is 1.10. The number of halogens is 1. The molecule has 6 nitrogen and oxygen atoms in total. The summed E-state index contributed by atoms with van der Waals surface area (Å²) in [6.07, 6.45) is 9.32. The second-order valence-electron chi connectivity index (χ2n) is 7.96. The van der Waals surface area contributed by atoms with Gasteiger partial charge in [0, 0.05) is 64.9 Å². The molecule has 7 heteroatoms. The number of H-pyrrole nitrogens is 1. The van der Waals surface area contributed by atoms with E-state index in [1.54, 1.807) is 12.4 Å². The molecule has 0 saturated heterocycles. The second-order valence-corrected chi connectivity index (χ2v) is 9.06. The van der Waals surface area contributed by atoms with Gasteiger partial charge < -0.3 is 14.5 Å². The van der Waals surface area contributed by atoms with Gasteiger partial charge in [-0.3, -0.25) is 4.98 Å². The minimum atomic E-state index is 0.131. The maximum atomic E-state index is 6.02. The number of nitrogens with zero attached hydrogens (tertiary/aromatic N) is 3. The van der Waals surface area contributed by atoms with E-state index < -0.39 is 0 Å². The Labute approximate surface area is 198 Å². The predicted molar refractivity (Wildman–Crippen MR) is 132 cm³/mol. The molecule has 1 aliphatic carbocycles. The van der Waals surface area contributed by atoms with Crippen LogP contribution in [0.1, 0.15) is 12.8 Å². The quantitative estimate of drug-likeness (QED) is 0.229. The Hall–Kier alpha value is -3.20. The van der Waals surface area contributed by atoms with Gasteiger partial charge in [0.25, 0.3) is 0 Å². The SMILES string of the molecule is Ic1ccc(O[C@H]2C[C@H](Oc3ccc(-c4ccc5c(c4)[nH]c4ccncc45)cn3)C2)cn1. The number of aromatic amines is 1. The van der Waals surface area contributed by atoms with Crippen molar-refractivity contribution in [1.82, 2.24) is 19.9 Å². The average Bonchev–Trinajstić information content (AvgIpc) is 3.17. The number of fused-ring (bicyclic) bond motifs is 3. The summed E-state index contributed by atoms with van der Waals surface area (Å²) in [5, 5.41) is 2.31. The molecule has 4 heterocycles. The zero-order valence-electron chi connectivity index (χ0n) is 17.0. The minimum Gasteiger partial charge on any atom is -0.489 e. The average molecular weight is 534 g/mol. The van der Waals surface area contributed by atoms with Crippen molar-refractivity contribution >= 4 is 44.4 Å².